The summed E-state index contributed by atoms with van der Waals surface area (Å²) in [6, 6.07) is 4.74. The van der Waals surface area contributed by atoms with E-state index < -0.39 is 53.7 Å². The number of nitrogens with zero attached hydrogens (tertiary/aromatic N) is 1. The number of aryl methyl sites for hydroxylation is 1. The van der Waals surface area contributed by atoms with Crippen LogP contribution >= 0.6 is 0 Å². The lowest BCUT2D eigenvalue weighted by atomic mass is 9.90. The zero-order valence-electron chi connectivity index (χ0n) is 23.3. The number of carbonyl (C=O) groups excluding carboxylic acids is 4. The molecule has 3 N–H and O–H groups in total. The molecule has 0 aliphatic heterocycles. The molecule has 208 valence electrons. The fraction of sp³-hybridized carbons (Fsp3) is 0.630. The van der Waals surface area contributed by atoms with E-state index in [0.29, 0.717) is 12.0 Å². The number of alkyl carbamates (subject to hydrolysis) is 1. The van der Waals surface area contributed by atoms with Crippen molar-refractivity contribution in [3.05, 3.63) is 35.4 Å². The van der Waals surface area contributed by atoms with E-state index in [1.54, 1.807) is 39.8 Å². The van der Waals surface area contributed by atoms with Gasteiger partial charge in [-0.05, 0) is 66.0 Å². The van der Waals surface area contributed by atoms with Crippen molar-refractivity contribution < 1.29 is 33.8 Å². The fourth-order valence-electron chi connectivity index (χ4n) is 3.66. The number of carbonyl (C=O) groups is 4. The van der Waals surface area contributed by atoms with Crippen LogP contribution < -0.4 is 10.6 Å². The lowest BCUT2D eigenvalue weighted by Crippen LogP contribution is -2.60. The molecule has 0 aromatic heterocycles. The average molecular weight is 522 g/mol. The van der Waals surface area contributed by atoms with Gasteiger partial charge in [-0.25, -0.2) is 4.79 Å². The van der Waals surface area contributed by atoms with Crippen LogP contribution in [0.4, 0.5) is 4.79 Å². The maximum absolute atomic E-state index is 13.9. The molecule has 0 spiro atoms. The van der Waals surface area contributed by atoms with E-state index in [4.69, 9.17) is 9.47 Å². The molecular weight excluding hydrogens is 478 g/mol. The molecule has 37 heavy (non-hydrogen) atoms. The first-order chi connectivity index (χ1) is 17.2. The summed E-state index contributed by atoms with van der Waals surface area (Å²) in [7, 11) is 0. The molecule has 0 heterocycles. The molecule has 0 saturated heterocycles. The van der Waals surface area contributed by atoms with Crippen molar-refractivity contribution in [1.29, 1.82) is 0 Å². The van der Waals surface area contributed by atoms with Gasteiger partial charge in [0.05, 0.1) is 19.6 Å². The molecule has 2 unspecified atom stereocenters. The number of rotatable bonds is 12. The summed E-state index contributed by atoms with van der Waals surface area (Å²) >= 11 is 0. The predicted octanol–water partition coefficient (Wildman–Crippen LogP) is 3.01. The number of benzene rings is 1. The molecule has 0 bridgehead atoms. The van der Waals surface area contributed by atoms with E-state index in [1.165, 1.54) is 4.90 Å². The highest BCUT2D eigenvalue weighted by Crippen LogP contribution is 2.33. The standard InChI is InChI=1S/C27H43N3O7/c1-9-27(7,8)30(24(34)20(17-31)29-25(35)37-26(4,5)6)22(19-14-12-11-13-18(19)3)23(33)28-16-15-21(32)36-10-2/h11-14,20,22,31H,9-10,15-17H2,1-8H3,(H,28,33)(H,29,35). The Morgan fingerprint density at radius 3 is 2.19 bits per heavy atom. The van der Waals surface area contributed by atoms with E-state index in [1.807, 2.05) is 39.8 Å². The van der Waals surface area contributed by atoms with Gasteiger partial charge < -0.3 is 30.1 Å². The monoisotopic (exact) mass is 521 g/mol. The van der Waals surface area contributed by atoms with Crippen molar-refractivity contribution in [2.24, 2.45) is 0 Å². The second kappa shape index (κ2) is 14.0. The lowest BCUT2D eigenvalue weighted by molar-refractivity contribution is -0.150. The molecule has 0 fully saturated rings. The Bertz CT molecular complexity index is 940. The van der Waals surface area contributed by atoms with Crippen LogP contribution in [0.5, 0.6) is 0 Å². The van der Waals surface area contributed by atoms with Crippen molar-refractivity contribution in [3.8, 4) is 0 Å². The minimum atomic E-state index is -1.35. The summed E-state index contributed by atoms with van der Waals surface area (Å²) in [4.78, 5) is 53.1. The number of esters is 1. The van der Waals surface area contributed by atoms with Crippen molar-refractivity contribution in [3.63, 3.8) is 0 Å². The van der Waals surface area contributed by atoms with Crippen LogP contribution in [0.15, 0.2) is 24.3 Å². The quantitative estimate of drug-likeness (QED) is 0.360. The molecule has 0 aliphatic rings. The molecular formula is C27H43N3O7. The third-order valence-electron chi connectivity index (χ3n) is 5.85. The Hall–Kier alpha value is -3.14. The van der Waals surface area contributed by atoms with Crippen LogP contribution in [-0.4, -0.2) is 70.8 Å². The highest BCUT2D eigenvalue weighted by atomic mass is 16.6. The number of aliphatic hydroxyl groups excluding tert-OH is 1. The van der Waals surface area contributed by atoms with Crippen molar-refractivity contribution in [1.82, 2.24) is 15.5 Å². The third kappa shape index (κ3) is 9.68. The van der Waals surface area contributed by atoms with Crippen LogP contribution in [0.1, 0.15) is 78.5 Å². The first kappa shape index (κ1) is 31.9. The van der Waals surface area contributed by atoms with Crippen LogP contribution in [0, 0.1) is 6.92 Å². The van der Waals surface area contributed by atoms with Gasteiger partial charge in [-0.15, -0.1) is 0 Å². The van der Waals surface area contributed by atoms with Crippen molar-refractivity contribution in [2.75, 3.05) is 19.8 Å². The topological polar surface area (TPSA) is 134 Å². The molecule has 1 aromatic carbocycles. The molecule has 2 atom stereocenters. The van der Waals surface area contributed by atoms with Crippen molar-refractivity contribution >= 4 is 23.9 Å². The van der Waals surface area contributed by atoms with Gasteiger partial charge in [0.2, 0.25) is 11.8 Å². The van der Waals surface area contributed by atoms with Gasteiger partial charge in [-0.3, -0.25) is 14.4 Å². The van der Waals surface area contributed by atoms with E-state index >= 15 is 0 Å². The molecule has 1 aromatic rings. The molecule has 0 radical (unpaired) electrons. The molecule has 0 saturated carbocycles. The summed E-state index contributed by atoms with van der Waals surface area (Å²) in [6.07, 6.45) is -0.410. The zero-order valence-corrected chi connectivity index (χ0v) is 23.3. The Kier molecular flexibility index (Phi) is 12.0. The van der Waals surface area contributed by atoms with Gasteiger partial charge >= 0.3 is 12.1 Å². The Morgan fingerprint density at radius 1 is 1.05 bits per heavy atom. The van der Waals surface area contributed by atoms with E-state index in [9.17, 15) is 24.3 Å². The fourth-order valence-corrected chi connectivity index (χ4v) is 3.66. The maximum atomic E-state index is 13.9. The minimum absolute atomic E-state index is 0.0220. The molecule has 3 amide bonds. The van der Waals surface area contributed by atoms with Crippen LogP contribution in [0.3, 0.4) is 0 Å². The van der Waals surface area contributed by atoms with E-state index in [0.717, 1.165) is 5.56 Å². The summed E-state index contributed by atoms with van der Waals surface area (Å²) in [5.74, 6) is -1.59. The van der Waals surface area contributed by atoms with Gasteiger partial charge in [0.15, 0.2) is 0 Å². The van der Waals surface area contributed by atoms with Gasteiger partial charge in [-0.2, -0.15) is 0 Å². The zero-order chi connectivity index (χ0) is 28.4. The second-order valence-corrected chi connectivity index (χ2v) is 10.4. The second-order valence-electron chi connectivity index (χ2n) is 10.4. The smallest absolute Gasteiger partial charge is 0.408 e. The number of ether oxygens (including phenoxy) is 2. The van der Waals surface area contributed by atoms with Crippen molar-refractivity contribution in [2.45, 2.75) is 91.5 Å². The number of aliphatic hydroxyl groups is 1. The Labute approximate surface area is 220 Å². The summed E-state index contributed by atoms with van der Waals surface area (Å²) in [5.41, 5.74) is -0.304. The minimum Gasteiger partial charge on any atom is -0.466 e. The largest absolute Gasteiger partial charge is 0.466 e. The number of hydrogen-bond donors (Lipinski definition) is 3. The van der Waals surface area contributed by atoms with Gasteiger partial charge in [-0.1, -0.05) is 31.2 Å². The highest BCUT2D eigenvalue weighted by molar-refractivity contribution is 5.93. The SMILES string of the molecule is CCOC(=O)CCNC(=O)C(c1ccccc1C)N(C(=O)C(CO)NC(=O)OC(C)(C)C)C(C)(C)CC. The van der Waals surface area contributed by atoms with E-state index in [2.05, 4.69) is 10.6 Å². The Balaban J connectivity index is 3.46. The highest BCUT2D eigenvalue weighted by Gasteiger charge is 2.43. The first-order valence-electron chi connectivity index (χ1n) is 12.6. The van der Waals surface area contributed by atoms with Crippen LogP contribution in [0.2, 0.25) is 0 Å². The third-order valence-corrected chi connectivity index (χ3v) is 5.85. The van der Waals surface area contributed by atoms with Crippen LogP contribution in [0.25, 0.3) is 0 Å². The summed E-state index contributed by atoms with van der Waals surface area (Å²) in [6.45, 7) is 13.6. The molecule has 0 aliphatic carbocycles. The van der Waals surface area contributed by atoms with E-state index in [-0.39, 0.29) is 19.6 Å². The predicted molar refractivity (Wildman–Crippen MR) is 140 cm³/mol. The van der Waals surface area contributed by atoms with Crippen LogP contribution in [-0.2, 0) is 23.9 Å². The number of amides is 3. The molecule has 10 nitrogen and oxygen atoms in total. The number of hydrogen-bond acceptors (Lipinski definition) is 7. The lowest BCUT2D eigenvalue weighted by Gasteiger charge is -2.44. The number of nitrogens with one attached hydrogen (secondary N) is 2. The van der Waals surface area contributed by atoms with Gasteiger partial charge in [0, 0.05) is 12.1 Å². The Morgan fingerprint density at radius 2 is 1.68 bits per heavy atom. The normalized spacial score (nSPS) is 13.2. The average Bonchev–Trinajstić information content (AvgIpc) is 2.80. The molecule has 10 heteroatoms. The summed E-state index contributed by atoms with van der Waals surface area (Å²) < 4.78 is 10.2. The summed E-state index contributed by atoms with van der Waals surface area (Å²) in [5, 5.41) is 15.2. The molecule has 1 rings (SSSR count). The van der Waals surface area contributed by atoms with Gasteiger partial charge in [0.25, 0.3) is 0 Å². The maximum Gasteiger partial charge on any atom is 0.408 e. The first-order valence-corrected chi connectivity index (χ1v) is 12.6. The van der Waals surface area contributed by atoms with Gasteiger partial charge in [0.1, 0.15) is 17.7 Å².